The molecule has 4 rings (SSSR count). The number of nitrogens with zero attached hydrogens (tertiary/aromatic N) is 3. The van der Waals surface area contributed by atoms with Gasteiger partial charge >= 0.3 is 0 Å². The van der Waals surface area contributed by atoms with Gasteiger partial charge in [-0.1, -0.05) is 18.6 Å². The van der Waals surface area contributed by atoms with Gasteiger partial charge in [-0.2, -0.15) is 5.10 Å². The van der Waals surface area contributed by atoms with Crippen molar-refractivity contribution < 1.29 is 4.79 Å². The number of carbonyl (C=O) groups is 1. The summed E-state index contributed by atoms with van der Waals surface area (Å²) < 4.78 is 0. The van der Waals surface area contributed by atoms with Gasteiger partial charge in [-0.3, -0.25) is 14.9 Å². The monoisotopic (exact) mass is 377 g/mol. The molecule has 6 heteroatoms. The zero-order chi connectivity index (χ0) is 19.3. The lowest BCUT2D eigenvalue weighted by atomic mass is 10.0. The van der Waals surface area contributed by atoms with Crippen LogP contribution in [-0.2, 0) is 4.79 Å². The first-order valence-electron chi connectivity index (χ1n) is 10.1. The number of rotatable bonds is 6. The fraction of sp³-hybridized carbons (Fsp3) is 0.409. The molecule has 0 saturated carbocycles. The molecule has 0 aliphatic carbocycles. The van der Waals surface area contributed by atoms with Crippen molar-refractivity contribution in [1.29, 1.82) is 0 Å². The Bertz CT molecular complexity index is 951. The molecule has 2 aromatic heterocycles. The Morgan fingerprint density at radius 1 is 1.29 bits per heavy atom. The van der Waals surface area contributed by atoms with E-state index in [0.717, 1.165) is 41.7 Å². The SMILES string of the molecule is CC1CCCCN1CCCC(=O)Nc1cc(-c2ccc3ncccc3c2)[nH]n1. The number of hydrogen-bond acceptors (Lipinski definition) is 4. The van der Waals surface area contributed by atoms with Crippen LogP contribution >= 0.6 is 0 Å². The van der Waals surface area contributed by atoms with E-state index in [0.29, 0.717) is 18.3 Å². The highest BCUT2D eigenvalue weighted by molar-refractivity contribution is 5.90. The second-order valence-electron chi connectivity index (χ2n) is 7.61. The largest absolute Gasteiger partial charge is 0.309 e. The second kappa shape index (κ2) is 8.52. The molecule has 146 valence electrons. The van der Waals surface area contributed by atoms with E-state index in [-0.39, 0.29) is 5.91 Å². The standard InChI is InChI=1S/C22H27N5O/c1-16-6-2-3-12-27(16)13-5-8-22(28)24-21-15-20(25-26-21)18-9-10-19-17(14-18)7-4-11-23-19/h4,7,9-11,14-16H,2-3,5-6,8,12-13H2,1H3,(H2,24,25,26,28). The summed E-state index contributed by atoms with van der Waals surface area (Å²) in [4.78, 5) is 19.1. The third-order valence-electron chi connectivity index (χ3n) is 5.55. The Kier molecular flexibility index (Phi) is 5.67. The van der Waals surface area contributed by atoms with Gasteiger partial charge < -0.3 is 10.2 Å². The maximum absolute atomic E-state index is 12.3. The van der Waals surface area contributed by atoms with Gasteiger partial charge in [0.1, 0.15) is 0 Å². The minimum Gasteiger partial charge on any atom is -0.309 e. The molecule has 0 radical (unpaired) electrons. The van der Waals surface area contributed by atoms with Crippen molar-refractivity contribution in [3.05, 3.63) is 42.6 Å². The molecule has 1 atom stereocenters. The van der Waals surface area contributed by atoms with E-state index >= 15 is 0 Å². The van der Waals surface area contributed by atoms with Crippen LogP contribution in [0.3, 0.4) is 0 Å². The highest BCUT2D eigenvalue weighted by atomic mass is 16.1. The topological polar surface area (TPSA) is 73.9 Å². The van der Waals surface area contributed by atoms with Crippen molar-refractivity contribution in [2.45, 2.75) is 45.1 Å². The van der Waals surface area contributed by atoms with Crippen molar-refractivity contribution in [3.63, 3.8) is 0 Å². The number of H-pyrrole nitrogens is 1. The number of aromatic nitrogens is 3. The number of nitrogens with one attached hydrogen (secondary N) is 2. The molecule has 1 aliphatic heterocycles. The summed E-state index contributed by atoms with van der Waals surface area (Å²) in [5.74, 6) is 0.586. The summed E-state index contributed by atoms with van der Waals surface area (Å²) in [7, 11) is 0. The van der Waals surface area contributed by atoms with Crippen LogP contribution in [0, 0.1) is 0 Å². The number of anilines is 1. The van der Waals surface area contributed by atoms with Crippen molar-refractivity contribution in [2.24, 2.45) is 0 Å². The summed E-state index contributed by atoms with van der Waals surface area (Å²) in [5, 5.41) is 11.2. The van der Waals surface area contributed by atoms with Crippen LogP contribution in [0.2, 0.25) is 0 Å². The Balaban J connectivity index is 1.31. The highest BCUT2D eigenvalue weighted by Crippen LogP contribution is 2.24. The normalized spacial score (nSPS) is 17.7. The number of likely N-dealkylation sites (tertiary alicyclic amines) is 1. The van der Waals surface area contributed by atoms with E-state index in [2.05, 4.69) is 38.4 Å². The summed E-state index contributed by atoms with van der Waals surface area (Å²) >= 11 is 0. The van der Waals surface area contributed by atoms with Gasteiger partial charge in [-0.25, -0.2) is 0 Å². The zero-order valence-corrected chi connectivity index (χ0v) is 16.3. The van der Waals surface area contributed by atoms with Crippen LogP contribution in [0.25, 0.3) is 22.2 Å². The van der Waals surface area contributed by atoms with Gasteiger partial charge in [0.2, 0.25) is 5.91 Å². The average molecular weight is 377 g/mol. The molecular weight excluding hydrogens is 350 g/mol. The summed E-state index contributed by atoms with van der Waals surface area (Å²) in [6.07, 6.45) is 7.06. The first kappa shape index (κ1) is 18.6. The maximum Gasteiger partial charge on any atom is 0.225 e. The second-order valence-corrected chi connectivity index (χ2v) is 7.61. The number of amides is 1. The Hall–Kier alpha value is -2.73. The number of benzene rings is 1. The summed E-state index contributed by atoms with van der Waals surface area (Å²) in [5.41, 5.74) is 2.86. The van der Waals surface area contributed by atoms with Crippen molar-refractivity contribution in [3.8, 4) is 11.3 Å². The van der Waals surface area contributed by atoms with Crippen LogP contribution in [0.4, 0.5) is 5.82 Å². The molecule has 1 unspecified atom stereocenters. The quantitative estimate of drug-likeness (QED) is 0.675. The minimum atomic E-state index is 0.0189. The molecule has 1 fully saturated rings. The third kappa shape index (κ3) is 4.39. The summed E-state index contributed by atoms with van der Waals surface area (Å²) in [6.45, 7) is 4.44. The van der Waals surface area contributed by atoms with Gasteiger partial charge in [0.25, 0.3) is 0 Å². The molecule has 0 spiro atoms. The van der Waals surface area contributed by atoms with E-state index in [1.165, 1.54) is 19.3 Å². The van der Waals surface area contributed by atoms with E-state index in [4.69, 9.17) is 0 Å². The molecule has 2 N–H and O–H groups in total. The zero-order valence-electron chi connectivity index (χ0n) is 16.3. The lowest BCUT2D eigenvalue weighted by Gasteiger charge is -2.33. The molecule has 1 aliphatic rings. The first-order valence-corrected chi connectivity index (χ1v) is 10.1. The molecule has 6 nitrogen and oxygen atoms in total. The molecule has 3 aromatic rings. The Labute approximate surface area is 165 Å². The van der Waals surface area contributed by atoms with Gasteiger partial charge in [0.05, 0.1) is 11.2 Å². The lowest BCUT2D eigenvalue weighted by Crippen LogP contribution is -2.38. The van der Waals surface area contributed by atoms with Crippen LogP contribution in [0.1, 0.15) is 39.0 Å². The fourth-order valence-corrected chi connectivity index (χ4v) is 3.91. The van der Waals surface area contributed by atoms with Crippen molar-refractivity contribution in [2.75, 3.05) is 18.4 Å². The number of pyridine rings is 1. The molecule has 0 bridgehead atoms. The lowest BCUT2D eigenvalue weighted by molar-refractivity contribution is -0.116. The Morgan fingerprint density at radius 3 is 3.11 bits per heavy atom. The minimum absolute atomic E-state index is 0.0189. The van der Waals surface area contributed by atoms with Gasteiger partial charge in [-0.05, 0) is 57.5 Å². The molecule has 28 heavy (non-hydrogen) atoms. The molecule has 1 aromatic carbocycles. The predicted octanol–water partition coefficient (Wildman–Crippen LogP) is 4.22. The summed E-state index contributed by atoms with van der Waals surface area (Å²) in [6, 6.07) is 12.6. The first-order chi connectivity index (χ1) is 13.7. The number of fused-ring (bicyclic) bond motifs is 1. The highest BCUT2D eigenvalue weighted by Gasteiger charge is 2.17. The van der Waals surface area contributed by atoms with Crippen LogP contribution in [0.5, 0.6) is 0 Å². The smallest absolute Gasteiger partial charge is 0.225 e. The van der Waals surface area contributed by atoms with E-state index in [1.807, 2.05) is 30.3 Å². The number of carbonyl (C=O) groups excluding carboxylic acids is 1. The molecule has 1 amide bonds. The predicted molar refractivity (Wildman–Crippen MR) is 112 cm³/mol. The van der Waals surface area contributed by atoms with Crippen LogP contribution in [-0.4, -0.2) is 45.1 Å². The molecule has 1 saturated heterocycles. The third-order valence-corrected chi connectivity index (χ3v) is 5.55. The van der Waals surface area contributed by atoms with Crippen LogP contribution in [0.15, 0.2) is 42.6 Å². The van der Waals surface area contributed by atoms with Crippen molar-refractivity contribution >= 4 is 22.6 Å². The average Bonchev–Trinajstić information content (AvgIpc) is 3.17. The van der Waals surface area contributed by atoms with Crippen molar-refractivity contribution in [1.82, 2.24) is 20.1 Å². The van der Waals surface area contributed by atoms with E-state index in [1.54, 1.807) is 6.20 Å². The number of aromatic amines is 1. The fourth-order valence-electron chi connectivity index (χ4n) is 3.91. The number of piperidine rings is 1. The molecular formula is C22H27N5O. The van der Waals surface area contributed by atoms with E-state index < -0.39 is 0 Å². The van der Waals surface area contributed by atoms with Gasteiger partial charge in [0.15, 0.2) is 5.82 Å². The maximum atomic E-state index is 12.3. The van der Waals surface area contributed by atoms with E-state index in [9.17, 15) is 4.79 Å². The number of hydrogen-bond donors (Lipinski definition) is 2. The van der Waals surface area contributed by atoms with Crippen LogP contribution < -0.4 is 5.32 Å². The molecule has 3 heterocycles. The van der Waals surface area contributed by atoms with Gasteiger partial charge in [-0.15, -0.1) is 0 Å². The van der Waals surface area contributed by atoms with Gasteiger partial charge in [0, 0.05) is 35.7 Å². The Morgan fingerprint density at radius 2 is 2.21 bits per heavy atom.